The zero-order chi connectivity index (χ0) is 25.4. The number of ketones is 1. The number of rotatable bonds is 5. The fourth-order valence-electron chi connectivity index (χ4n) is 5.57. The Morgan fingerprint density at radius 2 is 1.61 bits per heavy atom. The second kappa shape index (κ2) is 9.60. The van der Waals surface area contributed by atoms with Crippen molar-refractivity contribution in [2.24, 2.45) is 24.8 Å². The topological polar surface area (TPSA) is 102 Å². The third-order valence-electron chi connectivity index (χ3n) is 7.60. The SMILES string of the molecule is Cc1c(NC(=O)c2cccc(NC(=O)C3CC4CCCC(C3)C4=O)c2)c(=O)n(-c2ccccc2)n1C. The van der Waals surface area contributed by atoms with Gasteiger partial charge in [-0.05, 0) is 62.9 Å². The van der Waals surface area contributed by atoms with Gasteiger partial charge in [0.05, 0.1) is 11.4 Å². The number of hydrogen-bond donors (Lipinski definition) is 2. The summed E-state index contributed by atoms with van der Waals surface area (Å²) in [4.78, 5) is 51.5. The fraction of sp³-hybridized carbons (Fsp3) is 0.357. The minimum atomic E-state index is -0.435. The van der Waals surface area contributed by atoms with E-state index in [1.807, 2.05) is 30.3 Å². The quantitative estimate of drug-likeness (QED) is 0.568. The summed E-state index contributed by atoms with van der Waals surface area (Å²) >= 11 is 0. The molecule has 2 aliphatic carbocycles. The van der Waals surface area contributed by atoms with Gasteiger partial charge in [-0.15, -0.1) is 0 Å². The van der Waals surface area contributed by atoms with E-state index in [9.17, 15) is 19.2 Å². The molecule has 8 nitrogen and oxygen atoms in total. The van der Waals surface area contributed by atoms with Gasteiger partial charge in [0.25, 0.3) is 11.5 Å². The van der Waals surface area contributed by atoms with Crippen molar-refractivity contribution in [3.63, 3.8) is 0 Å². The number of fused-ring (bicyclic) bond motifs is 2. The third kappa shape index (κ3) is 4.39. The molecule has 1 aromatic heterocycles. The first-order chi connectivity index (χ1) is 17.3. The predicted molar refractivity (Wildman–Crippen MR) is 137 cm³/mol. The molecule has 36 heavy (non-hydrogen) atoms. The molecule has 0 aliphatic heterocycles. The van der Waals surface area contributed by atoms with Crippen molar-refractivity contribution in [3.8, 4) is 5.69 Å². The Kier molecular flexibility index (Phi) is 6.35. The highest BCUT2D eigenvalue weighted by molar-refractivity contribution is 6.05. The van der Waals surface area contributed by atoms with Crippen LogP contribution >= 0.6 is 0 Å². The summed E-state index contributed by atoms with van der Waals surface area (Å²) in [6.07, 6.45) is 4.01. The summed E-state index contributed by atoms with van der Waals surface area (Å²) in [6, 6.07) is 15.9. The lowest BCUT2D eigenvalue weighted by molar-refractivity contribution is -0.136. The van der Waals surface area contributed by atoms with Crippen LogP contribution in [0.1, 0.15) is 48.2 Å². The molecule has 2 aromatic carbocycles. The molecule has 2 N–H and O–H groups in total. The number of para-hydroxylation sites is 1. The van der Waals surface area contributed by atoms with Gasteiger partial charge in [0.1, 0.15) is 11.5 Å². The summed E-state index contributed by atoms with van der Waals surface area (Å²) in [7, 11) is 1.77. The van der Waals surface area contributed by atoms with Gasteiger partial charge in [-0.2, -0.15) is 0 Å². The Morgan fingerprint density at radius 1 is 0.917 bits per heavy atom. The van der Waals surface area contributed by atoms with Crippen LogP contribution in [0.4, 0.5) is 11.4 Å². The van der Waals surface area contributed by atoms with Crippen LogP contribution in [0.3, 0.4) is 0 Å². The number of hydrogen-bond acceptors (Lipinski definition) is 4. The molecule has 186 valence electrons. The Bertz CT molecular complexity index is 1370. The molecule has 2 atom stereocenters. The maximum Gasteiger partial charge on any atom is 0.295 e. The maximum atomic E-state index is 13.1. The molecule has 2 saturated carbocycles. The number of anilines is 2. The molecular weight excluding hydrogens is 456 g/mol. The smallest absolute Gasteiger partial charge is 0.295 e. The van der Waals surface area contributed by atoms with Crippen molar-refractivity contribution in [3.05, 3.63) is 76.2 Å². The number of benzene rings is 2. The summed E-state index contributed by atoms with van der Waals surface area (Å²) < 4.78 is 3.21. The van der Waals surface area contributed by atoms with Crippen molar-refractivity contribution in [2.45, 2.75) is 39.0 Å². The van der Waals surface area contributed by atoms with E-state index in [-0.39, 0.29) is 34.9 Å². The average molecular weight is 487 g/mol. The Labute approximate surface area is 209 Å². The van der Waals surface area contributed by atoms with Gasteiger partial charge in [-0.1, -0.05) is 30.7 Å². The standard InChI is InChI=1S/C28H30N4O4/c1-17-24(28(36)32(31(17)2)23-12-4-3-5-13-23)30-26(34)20-10-7-11-22(16-20)29-27(35)21-14-18-8-6-9-19(15-21)25(18)33/h3-5,7,10-13,16,18-19,21H,6,8-9,14-15H2,1-2H3,(H,29,35)(H,30,34). The van der Waals surface area contributed by atoms with Gasteiger partial charge in [0, 0.05) is 36.1 Å². The van der Waals surface area contributed by atoms with Crippen molar-refractivity contribution >= 4 is 29.0 Å². The van der Waals surface area contributed by atoms with Crippen molar-refractivity contribution < 1.29 is 14.4 Å². The van der Waals surface area contributed by atoms with Gasteiger partial charge in [-0.25, -0.2) is 4.68 Å². The van der Waals surface area contributed by atoms with Crippen LogP contribution in [0.2, 0.25) is 0 Å². The number of aromatic nitrogens is 2. The molecule has 2 unspecified atom stereocenters. The second-order valence-corrected chi connectivity index (χ2v) is 9.86. The molecule has 2 amide bonds. The maximum absolute atomic E-state index is 13.1. The van der Waals surface area contributed by atoms with Crippen molar-refractivity contribution in [2.75, 3.05) is 10.6 Å². The van der Waals surface area contributed by atoms with Crippen molar-refractivity contribution in [1.82, 2.24) is 9.36 Å². The average Bonchev–Trinajstić information content (AvgIpc) is 3.07. The summed E-state index contributed by atoms with van der Waals surface area (Å²) in [5, 5.41) is 5.69. The van der Waals surface area contributed by atoms with Crippen LogP contribution in [0, 0.1) is 24.7 Å². The molecule has 3 aromatic rings. The third-order valence-corrected chi connectivity index (χ3v) is 7.60. The van der Waals surface area contributed by atoms with Crippen LogP contribution in [0.5, 0.6) is 0 Å². The highest BCUT2D eigenvalue weighted by Gasteiger charge is 2.41. The van der Waals surface area contributed by atoms with Gasteiger partial charge in [-0.3, -0.25) is 23.9 Å². The zero-order valence-corrected chi connectivity index (χ0v) is 20.5. The molecule has 8 heteroatoms. The molecule has 0 saturated heterocycles. The van der Waals surface area contributed by atoms with Gasteiger partial charge < -0.3 is 10.6 Å². The number of carbonyl (C=O) groups is 3. The van der Waals surface area contributed by atoms with E-state index in [0.717, 1.165) is 19.3 Å². The number of carbonyl (C=O) groups excluding carboxylic acids is 3. The lowest BCUT2D eigenvalue weighted by Crippen LogP contribution is -2.40. The first kappa shape index (κ1) is 23.8. The molecule has 2 bridgehead atoms. The van der Waals surface area contributed by atoms with Crippen LogP contribution in [-0.2, 0) is 16.6 Å². The van der Waals surface area contributed by atoms with Crippen LogP contribution in [0.15, 0.2) is 59.4 Å². The zero-order valence-electron chi connectivity index (χ0n) is 20.5. The van der Waals surface area contributed by atoms with E-state index in [2.05, 4.69) is 10.6 Å². The van der Waals surface area contributed by atoms with Gasteiger partial charge in [0.2, 0.25) is 5.91 Å². The summed E-state index contributed by atoms with van der Waals surface area (Å²) in [6.45, 7) is 1.78. The largest absolute Gasteiger partial charge is 0.326 e. The summed E-state index contributed by atoms with van der Waals surface area (Å²) in [5.74, 6) is -0.416. The first-order valence-corrected chi connectivity index (χ1v) is 12.4. The van der Waals surface area contributed by atoms with E-state index >= 15 is 0 Å². The minimum Gasteiger partial charge on any atom is -0.326 e. The Hall–Kier alpha value is -3.94. The predicted octanol–water partition coefficient (Wildman–Crippen LogP) is 4.07. The normalized spacial score (nSPS) is 21.2. The fourth-order valence-corrected chi connectivity index (χ4v) is 5.57. The lowest BCUT2D eigenvalue weighted by Gasteiger charge is -2.36. The lowest BCUT2D eigenvalue weighted by atomic mass is 9.67. The monoisotopic (exact) mass is 486 g/mol. The van der Waals surface area contributed by atoms with Gasteiger partial charge in [0.15, 0.2) is 0 Å². The molecule has 0 spiro atoms. The molecule has 1 heterocycles. The molecule has 2 aliphatic rings. The highest BCUT2D eigenvalue weighted by Crippen LogP contribution is 2.40. The van der Waals surface area contributed by atoms with E-state index in [4.69, 9.17) is 0 Å². The Morgan fingerprint density at radius 3 is 2.31 bits per heavy atom. The minimum absolute atomic E-state index is 0.000548. The van der Waals surface area contributed by atoms with Crippen LogP contribution in [-0.4, -0.2) is 27.0 Å². The second-order valence-electron chi connectivity index (χ2n) is 9.86. The van der Waals surface area contributed by atoms with E-state index in [0.29, 0.717) is 41.3 Å². The molecular formula is C28H30N4O4. The van der Waals surface area contributed by atoms with E-state index in [1.165, 1.54) is 4.68 Å². The van der Waals surface area contributed by atoms with E-state index < -0.39 is 5.91 Å². The van der Waals surface area contributed by atoms with Crippen LogP contribution in [0.25, 0.3) is 5.69 Å². The number of nitrogens with zero attached hydrogens (tertiary/aromatic N) is 2. The Balaban J connectivity index is 1.31. The first-order valence-electron chi connectivity index (χ1n) is 12.4. The molecule has 5 rings (SSSR count). The van der Waals surface area contributed by atoms with E-state index in [1.54, 1.807) is 42.9 Å². The number of amides is 2. The van der Waals surface area contributed by atoms with Crippen molar-refractivity contribution in [1.29, 1.82) is 0 Å². The van der Waals surface area contributed by atoms with Gasteiger partial charge >= 0.3 is 0 Å². The van der Waals surface area contributed by atoms with Crippen LogP contribution < -0.4 is 16.2 Å². The number of nitrogens with one attached hydrogen (secondary N) is 2. The molecule has 0 radical (unpaired) electrons. The molecule has 2 fully saturated rings. The number of Topliss-reactive ketones (excluding diaryl/α,β-unsaturated/α-hetero) is 1. The highest BCUT2D eigenvalue weighted by atomic mass is 16.2. The summed E-state index contributed by atoms with van der Waals surface area (Å²) in [5.41, 5.74) is 2.06.